The van der Waals surface area contributed by atoms with Gasteiger partial charge in [0.1, 0.15) is 11.8 Å². The van der Waals surface area contributed by atoms with Crippen LogP contribution in [0.5, 0.6) is 0 Å². The van der Waals surface area contributed by atoms with Crippen LogP contribution < -0.4 is 5.32 Å². The van der Waals surface area contributed by atoms with E-state index in [9.17, 15) is 0 Å². The lowest BCUT2D eigenvalue weighted by Gasteiger charge is -2.17. The first-order chi connectivity index (χ1) is 8.70. The molecule has 0 saturated carbocycles. The lowest BCUT2D eigenvalue weighted by atomic mass is 10.2. The van der Waals surface area contributed by atoms with Gasteiger partial charge in [-0.2, -0.15) is 11.8 Å². The summed E-state index contributed by atoms with van der Waals surface area (Å²) in [5.74, 6) is 0.932. The lowest BCUT2D eigenvalue weighted by Crippen LogP contribution is -2.27. The molecule has 98 valence electrons. The van der Waals surface area contributed by atoms with E-state index >= 15 is 0 Å². The molecule has 2 atom stereocenters. The average Bonchev–Trinajstić information content (AvgIpc) is 3.01. The number of nitrogens with one attached hydrogen (secondary N) is 1. The predicted octanol–water partition coefficient (Wildman–Crippen LogP) is 4.43. The van der Waals surface area contributed by atoms with Crippen LogP contribution in [-0.4, -0.2) is 18.1 Å². The molecule has 1 N–H and O–H groups in total. The van der Waals surface area contributed by atoms with E-state index in [2.05, 4.69) is 24.6 Å². The summed E-state index contributed by atoms with van der Waals surface area (Å²) in [6, 6.07) is 7.98. The van der Waals surface area contributed by atoms with Gasteiger partial charge >= 0.3 is 0 Å². The van der Waals surface area contributed by atoms with Crippen LogP contribution in [0, 0.1) is 0 Å². The molecular formula is C13H16ClNOS2. The zero-order valence-electron chi connectivity index (χ0n) is 10.4. The van der Waals surface area contributed by atoms with Gasteiger partial charge in [0.2, 0.25) is 0 Å². The highest BCUT2D eigenvalue weighted by Crippen LogP contribution is 2.31. The van der Waals surface area contributed by atoms with E-state index in [0.29, 0.717) is 5.25 Å². The largest absolute Gasteiger partial charge is 0.467 e. The van der Waals surface area contributed by atoms with Crippen LogP contribution in [0.3, 0.4) is 0 Å². The van der Waals surface area contributed by atoms with Crippen molar-refractivity contribution in [3.63, 3.8) is 0 Å². The topological polar surface area (TPSA) is 25.2 Å². The molecule has 0 amide bonds. The van der Waals surface area contributed by atoms with Crippen molar-refractivity contribution >= 4 is 34.7 Å². The van der Waals surface area contributed by atoms with E-state index < -0.39 is 0 Å². The standard InChI is InChI=1S/C13H16ClNOS2/c1-9(17-2)8-15-13(10-4-3-7-16-10)11-5-6-12(14)18-11/h3-7,9,13,15H,8H2,1-2H3. The zero-order valence-corrected chi connectivity index (χ0v) is 12.7. The molecule has 18 heavy (non-hydrogen) atoms. The van der Waals surface area contributed by atoms with E-state index in [-0.39, 0.29) is 6.04 Å². The summed E-state index contributed by atoms with van der Waals surface area (Å²) < 4.78 is 6.33. The molecule has 0 spiro atoms. The lowest BCUT2D eigenvalue weighted by molar-refractivity contribution is 0.451. The fourth-order valence-corrected chi connectivity index (χ4v) is 3.06. The third-order valence-electron chi connectivity index (χ3n) is 2.72. The first-order valence-electron chi connectivity index (χ1n) is 5.75. The summed E-state index contributed by atoms with van der Waals surface area (Å²) >= 11 is 9.45. The number of thiophene rings is 1. The van der Waals surface area contributed by atoms with Crippen molar-refractivity contribution < 1.29 is 4.42 Å². The van der Waals surface area contributed by atoms with Gasteiger partial charge in [0.05, 0.1) is 10.6 Å². The summed E-state index contributed by atoms with van der Waals surface area (Å²) in [5.41, 5.74) is 0. The minimum Gasteiger partial charge on any atom is -0.467 e. The van der Waals surface area contributed by atoms with Crippen molar-refractivity contribution in [3.8, 4) is 0 Å². The van der Waals surface area contributed by atoms with Crippen molar-refractivity contribution in [3.05, 3.63) is 45.5 Å². The minimum absolute atomic E-state index is 0.0899. The molecule has 2 heterocycles. The summed E-state index contributed by atoms with van der Waals surface area (Å²) in [4.78, 5) is 1.18. The fourth-order valence-electron chi connectivity index (χ4n) is 1.65. The average molecular weight is 302 g/mol. The second-order valence-corrected chi connectivity index (χ2v) is 7.07. The molecule has 2 aromatic rings. The molecule has 0 aromatic carbocycles. The van der Waals surface area contributed by atoms with Gasteiger partial charge in [-0.05, 0) is 30.5 Å². The fraction of sp³-hybridized carbons (Fsp3) is 0.385. The highest BCUT2D eigenvalue weighted by Gasteiger charge is 2.19. The van der Waals surface area contributed by atoms with Gasteiger partial charge in [-0.1, -0.05) is 18.5 Å². The Morgan fingerprint density at radius 2 is 2.28 bits per heavy atom. The SMILES string of the molecule is CSC(C)CNC(c1ccco1)c1ccc(Cl)s1. The van der Waals surface area contributed by atoms with E-state index in [1.54, 1.807) is 17.6 Å². The van der Waals surface area contributed by atoms with Crippen LogP contribution in [-0.2, 0) is 0 Å². The van der Waals surface area contributed by atoms with Gasteiger partial charge < -0.3 is 9.73 Å². The highest BCUT2D eigenvalue weighted by atomic mass is 35.5. The summed E-state index contributed by atoms with van der Waals surface area (Å²) in [7, 11) is 0. The van der Waals surface area contributed by atoms with Gasteiger partial charge in [-0.25, -0.2) is 0 Å². The van der Waals surface area contributed by atoms with Crippen LogP contribution in [0.4, 0.5) is 0 Å². The zero-order chi connectivity index (χ0) is 13.0. The number of furan rings is 1. The van der Waals surface area contributed by atoms with Crippen molar-refractivity contribution in [2.45, 2.75) is 18.2 Å². The molecule has 0 aliphatic heterocycles. The maximum absolute atomic E-state index is 6.01. The van der Waals surface area contributed by atoms with Crippen LogP contribution >= 0.6 is 34.7 Å². The first kappa shape index (κ1) is 14.0. The van der Waals surface area contributed by atoms with Crippen molar-refractivity contribution in [1.82, 2.24) is 5.32 Å². The molecule has 0 aliphatic rings. The maximum Gasteiger partial charge on any atom is 0.126 e. The Balaban J connectivity index is 2.13. The van der Waals surface area contributed by atoms with Gasteiger partial charge in [0.15, 0.2) is 0 Å². The molecular weight excluding hydrogens is 286 g/mol. The Morgan fingerprint density at radius 1 is 1.44 bits per heavy atom. The number of halogens is 1. The molecule has 5 heteroatoms. The second-order valence-electron chi connectivity index (χ2n) is 4.04. The highest BCUT2D eigenvalue weighted by molar-refractivity contribution is 7.99. The number of rotatable bonds is 6. The van der Waals surface area contributed by atoms with Gasteiger partial charge in [0, 0.05) is 16.7 Å². The van der Waals surface area contributed by atoms with Crippen LogP contribution in [0.1, 0.15) is 23.6 Å². The Morgan fingerprint density at radius 3 is 2.83 bits per heavy atom. The molecule has 2 unspecified atom stereocenters. The van der Waals surface area contributed by atoms with E-state index in [1.807, 2.05) is 30.0 Å². The third-order valence-corrected chi connectivity index (χ3v) is 4.99. The number of hydrogen-bond donors (Lipinski definition) is 1. The second kappa shape index (κ2) is 6.66. The monoisotopic (exact) mass is 301 g/mol. The number of thioether (sulfide) groups is 1. The Kier molecular flexibility index (Phi) is 5.18. The van der Waals surface area contributed by atoms with Gasteiger partial charge in [-0.15, -0.1) is 11.3 Å². The van der Waals surface area contributed by atoms with Crippen LogP contribution in [0.2, 0.25) is 4.34 Å². The maximum atomic E-state index is 6.01. The molecule has 2 rings (SSSR count). The van der Waals surface area contributed by atoms with Crippen molar-refractivity contribution in [2.24, 2.45) is 0 Å². The van der Waals surface area contributed by atoms with Crippen LogP contribution in [0.15, 0.2) is 34.9 Å². The summed E-state index contributed by atoms with van der Waals surface area (Å²) in [6.45, 7) is 3.14. The Hall–Kier alpha value is -0.420. The van der Waals surface area contributed by atoms with E-state index in [4.69, 9.17) is 16.0 Å². The van der Waals surface area contributed by atoms with E-state index in [0.717, 1.165) is 16.6 Å². The quantitative estimate of drug-likeness (QED) is 0.855. The normalized spacial score (nSPS) is 14.6. The Labute approximate surface area is 121 Å². The van der Waals surface area contributed by atoms with Crippen molar-refractivity contribution in [2.75, 3.05) is 12.8 Å². The van der Waals surface area contributed by atoms with Gasteiger partial charge in [0.25, 0.3) is 0 Å². The molecule has 0 saturated heterocycles. The predicted molar refractivity (Wildman–Crippen MR) is 80.9 cm³/mol. The first-order valence-corrected chi connectivity index (χ1v) is 8.23. The van der Waals surface area contributed by atoms with Crippen LogP contribution in [0.25, 0.3) is 0 Å². The number of hydrogen-bond acceptors (Lipinski definition) is 4. The molecule has 2 nitrogen and oxygen atoms in total. The minimum atomic E-state index is 0.0899. The smallest absolute Gasteiger partial charge is 0.126 e. The Bertz CT molecular complexity index is 469. The molecule has 0 radical (unpaired) electrons. The summed E-state index contributed by atoms with van der Waals surface area (Å²) in [5, 5.41) is 4.11. The molecule has 0 aliphatic carbocycles. The molecule has 0 fully saturated rings. The van der Waals surface area contributed by atoms with Gasteiger partial charge in [-0.3, -0.25) is 0 Å². The third kappa shape index (κ3) is 3.54. The molecule has 2 aromatic heterocycles. The van der Waals surface area contributed by atoms with E-state index in [1.165, 1.54) is 4.88 Å². The molecule has 0 bridgehead atoms. The van der Waals surface area contributed by atoms with Crippen molar-refractivity contribution in [1.29, 1.82) is 0 Å². The summed E-state index contributed by atoms with van der Waals surface area (Å²) in [6.07, 6.45) is 3.83.